The van der Waals surface area contributed by atoms with Crippen molar-refractivity contribution in [3.8, 4) is 0 Å². The molecule has 10 atom stereocenters. The Labute approximate surface area is 421 Å². The monoisotopic (exact) mass is 974 g/mol. The van der Waals surface area contributed by atoms with Crippen LogP contribution in [0.5, 0.6) is 0 Å². The quantitative estimate of drug-likeness (QED) is 0.0626. The molecule has 0 amide bonds. The van der Waals surface area contributed by atoms with Gasteiger partial charge in [0.15, 0.2) is 6.29 Å². The summed E-state index contributed by atoms with van der Waals surface area (Å²) in [5.74, 6) is 0. The van der Waals surface area contributed by atoms with Gasteiger partial charge < -0.3 is 47.7 Å². The van der Waals surface area contributed by atoms with Gasteiger partial charge in [-0.15, -0.1) is 0 Å². The Morgan fingerprint density at radius 2 is 0.676 bits per heavy atom. The molecule has 9 rings (SSSR count). The van der Waals surface area contributed by atoms with Gasteiger partial charge in [-0.2, -0.15) is 0 Å². The van der Waals surface area contributed by atoms with Crippen molar-refractivity contribution in [1.29, 1.82) is 0 Å². The molecule has 2 saturated heterocycles. The van der Waals surface area contributed by atoms with Gasteiger partial charge >= 0.3 is 0 Å². The third-order valence-electron chi connectivity index (χ3n) is 12.4. The molecule has 368 valence electrons. The van der Waals surface area contributed by atoms with E-state index in [0.29, 0.717) is 13.2 Å². The highest BCUT2D eigenvalue weighted by Gasteiger charge is 2.54. The lowest BCUT2D eigenvalue weighted by atomic mass is 9.96. The topological polar surface area (TPSA) is 103 Å². The van der Waals surface area contributed by atoms with Gasteiger partial charge in [-0.1, -0.05) is 212 Å². The number of hydrogen-bond acceptors (Lipinski definition) is 11. The van der Waals surface area contributed by atoms with E-state index in [4.69, 9.17) is 42.6 Å². The molecule has 0 radical (unpaired) electrons. The van der Waals surface area contributed by atoms with Crippen molar-refractivity contribution in [3.05, 3.63) is 246 Å². The lowest BCUT2D eigenvalue weighted by molar-refractivity contribution is -0.350. The third kappa shape index (κ3) is 14.8. The van der Waals surface area contributed by atoms with Gasteiger partial charge in [-0.25, -0.2) is 0 Å². The van der Waals surface area contributed by atoms with Gasteiger partial charge in [-0.05, 0) is 45.5 Å². The molecule has 0 aromatic heterocycles. The molecule has 0 saturated carbocycles. The number of hydrogen-bond donors (Lipinski definition) is 1. The van der Waals surface area contributed by atoms with Gasteiger partial charge in [0.25, 0.3) is 0 Å². The zero-order chi connectivity index (χ0) is 48.3. The van der Waals surface area contributed by atoms with Gasteiger partial charge in [0.2, 0.25) is 0 Å². The molecule has 2 aliphatic rings. The second-order valence-electron chi connectivity index (χ2n) is 17.7. The number of benzene rings is 7. The number of aliphatic hydroxyl groups excluding tert-OH is 1. The van der Waals surface area contributed by atoms with Crippen LogP contribution in [-0.2, 0) is 82.3 Å². The number of ether oxygens (including phenoxy) is 9. The van der Waals surface area contributed by atoms with Crippen LogP contribution in [0.3, 0.4) is 0 Å². The fraction of sp³-hybridized carbons (Fsp3) is 0.300. The third-order valence-corrected chi connectivity index (χ3v) is 13.6. The Hall–Kier alpha value is -5.51. The minimum atomic E-state index is -1.34. The van der Waals surface area contributed by atoms with Crippen LogP contribution in [-0.4, -0.2) is 78.9 Å². The summed E-state index contributed by atoms with van der Waals surface area (Å²) in [6.07, 6.45) is -7.96. The summed E-state index contributed by atoms with van der Waals surface area (Å²) in [4.78, 5) is 0.955. The Balaban J connectivity index is 1.07. The number of rotatable bonds is 24. The van der Waals surface area contributed by atoms with E-state index in [1.807, 2.05) is 212 Å². The zero-order valence-corrected chi connectivity index (χ0v) is 40.5. The van der Waals surface area contributed by atoms with E-state index in [1.54, 1.807) is 0 Å². The molecule has 11 heteroatoms. The molecule has 6 unspecified atom stereocenters. The molecule has 0 spiro atoms. The summed E-state index contributed by atoms with van der Waals surface area (Å²) in [6, 6.07) is 70.0. The molecule has 10 nitrogen and oxygen atoms in total. The van der Waals surface area contributed by atoms with Crippen LogP contribution >= 0.6 is 11.8 Å². The molecule has 0 aliphatic carbocycles. The average Bonchev–Trinajstić information content (AvgIpc) is 3.42. The first-order valence-electron chi connectivity index (χ1n) is 24.3. The standard InChI is InChI=1S/C60H62O10S/c61-53-56(66-40-48-30-16-5-17-31-48)54(64-38-46-26-12-3-13-27-46)51(42-62-36-44-22-8-1-9-23-44)68-59(53)70-58-57(67-41-49-32-18-6-19-33-49)55(65-39-47-28-14-4-15-29-47)52(43-63-37-45-24-10-2-11-25-45)69-60(58)71-50-34-20-7-21-35-50/h1-35,51-61H,36-43H2/t51?,52?,53?,54-,55-,56?,57?,58?,59-,60-/m1/s1. The van der Waals surface area contributed by atoms with Crippen molar-refractivity contribution in [2.45, 2.75) is 105 Å². The van der Waals surface area contributed by atoms with Crippen molar-refractivity contribution in [2.24, 2.45) is 0 Å². The molecule has 2 aliphatic heterocycles. The van der Waals surface area contributed by atoms with Gasteiger partial charge in [0.05, 0.1) is 52.9 Å². The van der Waals surface area contributed by atoms with Crippen LogP contribution in [0.4, 0.5) is 0 Å². The zero-order valence-electron chi connectivity index (χ0n) is 39.7. The van der Waals surface area contributed by atoms with Crippen molar-refractivity contribution in [3.63, 3.8) is 0 Å². The highest BCUT2D eigenvalue weighted by atomic mass is 32.2. The predicted octanol–water partition coefficient (Wildman–Crippen LogP) is 10.7. The van der Waals surface area contributed by atoms with E-state index in [9.17, 15) is 5.11 Å². The van der Waals surface area contributed by atoms with E-state index in [-0.39, 0.29) is 39.6 Å². The summed E-state index contributed by atoms with van der Waals surface area (Å²) >= 11 is 1.51. The van der Waals surface area contributed by atoms with E-state index in [2.05, 4.69) is 0 Å². The van der Waals surface area contributed by atoms with E-state index in [0.717, 1.165) is 38.3 Å². The van der Waals surface area contributed by atoms with Crippen molar-refractivity contribution in [2.75, 3.05) is 13.2 Å². The maximum Gasteiger partial charge on any atom is 0.187 e. The summed E-state index contributed by atoms with van der Waals surface area (Å²) < 4.78 is 61.8. The van der Waals surface area contributed by atoms with Crippen LogP contribution in [0, 0.1) is 0 Å². The smallest absolute Gasteiger partial charge is 0.187 e. The lowest BCUT2D eigenvalue weighted by Crippen LogP contribution is -2.65. The van der Waals surface area contributed by atoms with E-state index < -0.39 is 60.6 Å². The lowest BCUT2D eigenvalue weighted by Gasteiger charge is -2.49. The summed E-state index contributed by atoms with van der Waals surface area (Å²) in [5.41, 5.74) is 5.22. The molecule has 1 N–H and O–H groups in total. The number of aliphatic hydroxyl groups is 1. The maximum atomic E-state index is 12.8. The summed E-state index contributed by atoms with van der Waals surface area (Å²) in [5, 5.41) is 12.8. The van der Waals surface area contributed by atoms with Crippen molar-refractivity contribution >= 4 is 11.8 Å². The minimum Gasteiger partial charge on any atom is -0.385 e. The Bertz CT molecular complexity index is 2530. The highest BCUT2D eigenvalue weighted by molar-refractivity contribution is 7.99. The van der Waals surface area contributed by atoms with Gasteiger partial charge in [-0.3, -0.25) is 0 Å². The average molecular weight is 975 g/mol. The van der Waals surface area contributed by atoms with Crippen LogP contribution < -0.4 is 0 Å². The van der Waals surface area contributed by atoms with E-state index >= 15 is 0 Å². The second-order valence-corrected chi connectivity index (χ2v) is 18.8. The molecule has 71 heavy (non-hydrogen) atoms. The maximum absolute atomic E-state index is 12.8. The highest BCUT2D eigenvalue weighted by Crippen LogP contribution is 2.40. The molecular weight excluding hydrogens is 913 g/mol. The Morgan fingerprint density at radius 1 is 0.352 bits per heavy atom. The first-order chi connectivity index (χ1) is 35.1. The largest absolute Gasteiger partial charge is 0.385 e. The Morgan fingerprint density at radius 3 is 1.08 bits per heavy atom. The van der Waals surface area contributed by atoms with Crippen LogP contribution in [0.25, 0.3) is 0 Å². The fourth-order valence-electron chi connectivity index (χ4n) is 8.77. The fourth-order valence-corrected chi connectivity index (χ4v) is 9.90. The van der Waals surface area contributed by atoms with Crippen LogP contribution in [0.1, 0.15) is 33.4 Å². The first-order valence-corrected chi connectivity index (χ1v) is 25.2. The molecule has 0 bridgehead atoms. The molecule has 7 aromatic carbocycles. The molecular formula is C60H62O10S. The second kappa shape index (κ2) is 26.8. The molecule has 2 fully saturated rings. The normalized spacial score (nSPS) is 24.4. The van der Waals surface area contributed by atoms with E-state index in [1.165, 1.54) is 11.8 Å². The van der Waals surface area contributed by atoms with Gasteiger partial charge in [0.1, 0.15) is 54.3 Å². The molecule has 7 aromatic rings. The molecule has 2 heterocycles. The predicted molar refractivity (Wildman–Crippen MR) is 273 cm³/mol. The summed E-state index contributed by atoms with van der Waals surface area (Å²) in [6.45, 7) is 2.03. The SMILES string of the molecule is OC1C(OCc2ccccc2)[C@H](OCc2ccccc2)C(COCc2ccccc2)O[C@@H]1OC1C(OCc2ccccc2)[C@H](OCc2ccccc2)C(COCc2ccccc2)O[C@@H]1Sc1ccccc1. The summed E-state index contributed by atoms with van der Waals surface area (Å²) in [7, 11) is 0. The minimum absolute atomic E-state index is 0.118. The van der Waals surface area contributed by atoms with Crippen LogP contribution in [0.15, 0.2) is 217 Å². The first kappa shape index (κ1) is 50.4. The Kier molecular flexibility index (Phi) is 19.0. The number of thioether (sulfide) groups is 1. The van der Waals surface area contributed by atoms with Crippen molar-refractivity contribution in [1.82, 2.24) is 0 Å². The van der Waals surface area contributed by atoms with Gasteiger partial charge in [0, 0.05) is 4.90 Å². The van der Waals surface area contributed by atoms with Crippen LogP contribution in [0.2, 0.25) is 0 Å². The van der Waals surface area contributed by atoms with Crippen molar-refractivity contribution < 1.29 is 47.7 Å².